The zero-order valence-electron chi connectivity index (χ0n) is 10.1. The summed E-state index contributed by atoms with van der Waals surface area (Å²) in [5.41, 5.74) is 4.62. The van der Waals surface area contributed by atoms with Crippen molar-refractivity contribution in [3.05, 3.63) is 48.4 Å². The van der Waals surface area contributed by atoms with Crippen LogP contribution in [0.15, 0.2) is 42.8 Å². The quantitative estimate of drug-likeness (QED) is 0.887. The summed E-state index contributed by atoms with van der Waals surface area (Å²) in [5.74, 6) is 0. The summed E-state index contributed by atoms with van der Waals surface area (Å²) in [5, 5.41) is 3.54. The predicted octanol–water partition coefficient (Wildman–Crippen LogP) is 3.25. The van der Waals surface area contributed by atoms with Crippen LogP contribution in [-0.4, -0.2) is 15.4 Å². The maximum Gasteiger partial charge on any atom is 0.160 e. The molecule has 0 saturated heterocycles. The van der Waals surface area contributed by atoms with Crippen molar-refractivity contribution in [3.63, 3.8) is 0 Å². The number of aromatic nitrogens is 2. The SMILES string of the molecule is C1=CC(c2cnc3c(NC4CC4)cccn23)=CC1. The van der Waals surface area contributed by atoms with Gasteiger partial charge in [0.1, 0.15) is 0 Å². The third-order valence-electron chi connectivity index (χ3n) is 3.54. The summed E-state index contributed by atoms with van der Waals surface area (Å²) in [6.07, 6.45) is 14.2. The van der Waals surface area contributed by atoms with Crippen molar-refractivity contribution >= 4 is 16.9 Å². The van der Waals surface area contributed by atoms with Gasteiger partial charge in [0.25, 0.3) is 0 Å². The standard InChI is InChI=1S/C15H15N3/c1-2-5-11(4-1)14-10-16-15-13(17-12-7-8-12)6-3-9-18(14)15/h1,3-6,9-10,12,17H,2,7-8H2. The van der Waals surface area contributed by atoms with E-state index in [9.17, 15) is 0 Å². The molecule has 90 valence electrons. The van der Waals surface area contributed by atoms with Crippen molar-refractivity contribution in [2.75, 3.05) is 5.32 Å². The van der Waals surface area contributed by atoms with E-state index in [0.717, 1.165) is 17.8 Å². The maximum absolute atomic E-state index is 4.57. The van der Waals surface area contributed by atoms with Gasteiger partial charge >= 0.3 is 0 Å². The van der Waals surface area contributed by atoms with E-state index >= 15 is 0 Å². The van der Waals surface area contributed by atoms with Crippen molar-refractivity contribution in [1.82, 2.24) is 9.38 Å². The second kappa shape index (κ2) is 3.73. The van der Waals surface area contributed by atoms with Crippen LogP contribution in [0.3, 0.4) is 0 Å². The van der Waals surface area contributed by atoms with E-state index in [0.29, 0.717) is 6.04 Å². The highest BCUT2D eigenvalue weighted by Gasteiger charge is 2.22. The molecule has 0 amide bonds. The molecule has 3 heteroatoms. The number of pyridine rings is 1. The van der Waals surface area contributed by atoms with Crippen LogP contribution in [-0.2, 0) is 0 Å². The molecule has 0 spiro atoms. The van der Waals surface area contributed by atoms with Gasteiger partial charge in [0.15, 0.2) is 5.65 Å². The molecule has 0 atom stereocenters. The summed E-state index contributed by atoms with van der Waals surface area (Å²) < 4.78 is 2.17. The highest BCUT2D eigenvalue weighted by atomic mass is 15.1. The number of imidazole rings is 1. The molecule has 3 nitrogen and oxygen atoms in total. The zero-order chi connectivity index (χ0) is 11.9. The van der Waals surface area contributed by atoms with E-state index in [1.54, 1.807) is 0 Å². The lowest BCUT2D eigenvalue weighted by Gasteiger charge is -2.07. The van der Waals surface area contributed by atoms with Gasteiger partial charge in [-0.3, -0.25) is 4.40 Å². The molecular formula is C15H15N3. The van der Waals surface area contributed by atoms with Crippen molar-refractivity contribution in [2.45, 2.75) is 25.3 Å². The molecule has 2 heterocycles. The molecule has 2 aliphatic carbocycles. The predicted molar refractivity (Wildman–Crippen MR) is 73.6 cm³/mol. The third kappa shape index (κ3) is 1.55. The monoisotopic (exact) mass is 237 g/mol. The fourth-order valence-electron chi connectivity index (χ4n) is 2.43. The second-order valence-electron chi connectivity index (χ2n) is 4.98. The molecule has 0 aliphatic heterocycles. The van der Waals surface area contributed by atoms with Gasteiger partial charge < -0.3 is 5.32 Å². The largest absolute Gasteiger partial charge is 0.379 e. The number of hydrogen-bond donors (Lipinski definition) is 1. The minimum atomic E-state index is 0.655. The van der Waals surface area contributed by atoms with Gasteiger partial charge in [-0.2, -0.15) is 0 Å². The van der Waals surface area contributed by atoms with E-state index in [1.165, 1.54) is 24.1 Å². The fraction of sp³-hybridized carbons (Fsp3) is 0.267. The highest BCUT2D eigenvalue weighted by Crippen LogP contribution is 2.29. The minimum absolute atomic E-state index is 0.655. The van der Waals surface area contributed by atoms with Crippen LogP contribution in [0.1, 0.15) is 25.0 Å². The number of hydrogen-bond acceptors (Lipinski definition) is 2. The van der Waals surface area contributed by atoms with E-state index in [-0.39, 0.29) is 0 Å². The first-order valence-electron chi connectivity index (χ1n) is 6.51. The molecule has 0 bridgehead atoms. The zero-order valence-corrected chi connectivity index (χ0v) is 10.1. The van der Waals surface area contributed by atoms with Crippen molar-refractivity contribution in [3.8, 4) is 0 Å². The molecule has 2 aromatic heterocycles. The number of rotatable bonds is 3. The lowest BCUT2D eigenvalue weighted by atomic mass is 10.2. The first-order chi connectivity index (χ1) is 8.92. The number of allylic oxidation sites excluding steroid dienone is 4. The summed E-state index contributed by atoms with van der Waals surface area (Å²) in [6.45, 7) is 0. The van der Waals surface area contributed by atoms with Crippen molar-refractivity contribution in [2.24, 2.45) is 0 Å². The van der Waals surface area contributed by atoms with Crippen LogP contribution in [0.25, 0.3) is 11.2 Å². The summed E-state index contributed by atoms with van der Waals surface area (Å²) in [4.78, 5) is 4.57. The molecule has 0 unspecified atom stereocenters. The van der Waals surface area contributed by atoms with E-state index < -0.39 is 0 Å². The molecule has 18 heavy (non-hydrogen) atoms. The van der Waals surface area contributed by atoms with E-state index in [4.69, 9.17) is 0 Å². The molecule has 1 saturated carbocycles. The lowest BCUT2D eigenvalue weighted by Crippen LogP contribution is -2.03. The van der Waals surface area contributed by atoms with Crippen LogP contribution in [0, 0.1) is 0 Å². The van der Waals surface area contributed by atoms with Crippen LogP contribution < -0.4 is 5.32 Å². The molecule has 1 fully saturated rings. The number of nitrogens with one attached hydrogen (secondary N) is 1. The van der Waals surface area contributed by atoms with Crippen molar-refractivity contribution < 1.29 is 0 Å². The van der Waals surface area contributed by atoms with Gasteiger partial charge in [-0.25, -0.2) is 4.98 Å². The Morgan fingerprint density at radius 3 is 3.06 bits per heavy atom. The third-order valence-corrected chi connectivity index (χ3v) is 3.54. The maximum atomic E-state index is 4.57. The van der Waals surface area contributed by atoms with Gasteiger partial charge in [-0.15, -0.1) is 0 Å². The summed E-state index contributed by atoms with van der Waals surface area (Å²) >= 11 is 0. The Balaban J connectivity index is 1.83. The molecule has 1 N–H and O–H groups in total. The second-order valence-corrected chi connectivity index (χ2v) is 4.98. The molecular weight excluding hydrogens is 222 g/mol. The lowest BCUT2D eigenvalue weighted by molar-refractivity contribution is 1.12. The first-order valence-corrected chi connectivity index (χ1v) is 6.51. The van der Waals surface area contributed by atoms with Crippen LogP contribution in [0.4, 0.5) is 5.69 Å². The van der Waals surface area contributed by atoms with Gasteiger partial charge in [-0.05, 0) is 37.0 Å². The average Bonchev–Trinajstić information content (AvgIpc) is 2.91. The fourth-order valence-corrected chi connectivity index (χ4v) is 2.43. The van der Waals surface area contributed by atoms with Gasteiger partial charge in [0.2, 0.25) is 0 Å². The molecule has 2 aliphatic rings. The Bertz CT molecular complexity index is 659. The van der Waals surface area contributed by atoms with Gasteiger partial charge in [0, 0.05) is 12.2 Å². The first kappa shape index (κ1) is 9.95. The number of nitrogens with zero attached hydrogens (tertiary/aromatic N) is 2. The number of anilines is 1. The minimum Gasteiger partial charge on any atom is -0.379 e. The van der Waals surface area contributed by atoms with Gasteiger partial charge in [0.05, 0.1) is 17.6 Å². The van der Waals surface area contributed by atoms with Crippen LogP contribution >= 0.6 is 0 Å². The van der Waals surface area contributed by atoms with Crippen LogP contribution in [0.2, 0.25) is 0 Å². The van der Waals surface area contributed by atoms with Gasteiger partial charge in [-0.1, -0.05) is 18.2 Å². The van der Waals surface area contributed by atoms with E-state index in [2.05, 4.69) is 51.3 Å². The summed E-state index contributed by atoms with van der Waals surface area (Å²) in [7, 11) is 0. The molecule has 0 radical (unpaired) electrons. The van der Waals surface area contributed by atoms with E-state index in [1.807, 2.05) is 6.20 Å². The highest BCUT2D eigenvalue weighted by molar-refractivity contribution is 5.78. The molecule has 4 rings (SSSR count). The summed E-state index contributed by atoms with van der Waals surface area (Å²) in [6, 6.07) is 4.85. The number of fused-ring (bicyclic) bond motifs is 1. The average molecular weight is 237 g/mol. The normalized spacial score (nSPS) is 18.3. The Morgan fingerprint density at radius 2 is 2.28 bits per heavy atom. The smallest absolute Gasteiger partial charge is 0.160 e. The van der Waals surface area contributed by atoms with Crippen molar-refractivity contribution in [1.29, 1.82) is 0 Å². The van der Waals surface area contributed by atoms with Crippen LogP contribution in [0.5, 0.6) is 0 Å². The Kier molecular flexibility index (Phi) is 2.06. The molecule has 2 aromatic rings. The Hall–Kier alpha value is -2.03. The Morgan fingerprint density at radius 1 is 1.33 bits per heavy atom. The topological polar surface area (TPSA) is 29.3 Å². The molecule has 0 aromatic carbocycles. The Labute approximate surface area is 106 Å².